The third-order valence-electron chi connectivity index (χ3n) is 10.7. The molecule has 264 valence electrons. The van der Waals surface area contributed by atoms with Crippen molar-refractivity contribution >= 4 is 39.0 Å². The molecule has 0 radical (unpaired) electrons. The van der Waals surface area contributed by atoms with Crippen molar-refractivity contribution in [1.82, 2.24) is 0 Å². The fourth-order valence-corrected chi connectivity index (χ4v) is 8.01. The lowest BCUT2D eigenvalue weighted by molar-refractivity contribution is 0.670. The second kappa shape index (κ2) is 14.4. The number of para-hydroxylation sites is 2. The van der Waals surface area contributed by atoms with E-state index in [1.807, 2.05) is 12.1 Å². The van der Waals surface area contributed by atoms with E-state index in [0.717, 1.165) is 50.1 Å². The zero-order chi connectivity index (χ0) is 37.3. The van der Waals surface area contributed by atoms with E-state index in [1.165, 1.54) is 44.5 Å². The van der Waals surface area contributed by atoms with E-state index in [0.29, 0.717) is 0 Å². The number of hydrogen-bond acceptors (Lipinski definition) is 2. The van der Waals surface area contributed by atoms with Crippen LogP contribution in [0.4, 0.5) is 17.1 Å². The summed E-state index contributed by atoms with van der Waals surface area (Å²) in [4.78, 5) is 2.38. The molecule has 0 unspecified atom stereocenters. The van der Waals surface area contributed by atoms with Crippen molar-refractivity contribution in [2.24, 2.45) is 0 Å². The molecular weight excluding hydrogens is 679 g/mol. The molecule has 56 heavy (non-hydrogen) atoms. The van der Waals surface area contributed by atoms with Gasteiger partial charge < -0.3 is 9.32 Å². The van der Waals surface area contributed by atoms with Gasteiger partial charge in [0.05, 0.1) is 0 Å². The van der Waals surface area contributed by atoms with Gasteiger partial charge in [-0.3, -0.25) is 0 Å². The zero-order valence-electron chi connectivity index (χ0n) is 30.7. The molecule has 0 N–H and O–H groups in total. The molecule has 0 saturated carbocycles. The van der Waals surface area contributed by atoms with Crippen LogP contribution in [-0.2, 0) is 0 Å². The molecule has 0 atom stereocenters. The van der Waals surface area contributed by atoms with Crippen LogP contribution < -0.4 is 4.90 Å². The molecule has 2 nitrogen and oxygen atoms in total. The first-order valence-corrected chi connectivity index (χ1v) is 19.1. The standard InChI is InChI=1S/C54H37NO/c1-5-16-38(17-6-1)46-34-32-44(36-51(46)40-20-9-3-10-21-40)55(45-33-35-47(39-18-7-2-8-19-39)52(37-45)41-22-11-4-12-23-41)43-30-28-42(29-31-43)48-25-15-26-50-49-24-13-14-27-53(49)56-54(48)50/h1-37H. The summed E-state index contributed by atoms with van der Waals surface area (Å²) in [6, 6.07) is 80.1. The second-order valence-corrected chi connectivity index (χ2v) is 14.1. The summed E-state index contributed by atoms with van der Waals surface area (Å²) in [6.45, 7) is 0. The number of fused-ring (bicyclic) bond motifs is 3. The number of furan rings is 1. The Balaban J connectivity index is 1.17. The van der Waals surface area contributed by atoms with Crippen molar-refractivity contribution in [3.8, 4) is 55.6 Å². The van der Waals surface area contributed by atoms with Gasteiger partial charge in [0.2, 0.25) is 0 Å². The lowest BCUT2D eigenvalue weighted by Gasteiger charge is -2.28. The van der Waals surface area contributed by atoms with Crippen LogP contribution in [0.15, 0.2) is 229 Å². The lowest BCUT2D eigenvalue weighted by atomic mass is 9.92. The Morgan fingerprint density at radius 3 is 1.20 bits per heavy atom. The molecule has 2 heteroatoms. The molecule has 1 aromatic heterocycles. The van der Waals surface area contributed by atoms with Gasteiger partial charge in [-0.1, -0.05) is 182 Å². The fraction of sp³-hybridized carbons (Fsp3) is 0. The molecule has 0 fully saturated rings. The number of benzene rings is 9. The minimum absolute atomic E-state index is 0.902. The lowest BCUT2D eigenvalue weighted by Crippen LogP contribution is -2.10. The maximum absolute atomic E-state index is 6.45. The highest BCUT2D eigenvalue weighted by atomic mass is 16.3. The summed E-state index contributed by atoms with van der Waals surface area (Å²) in [6.07, 6.45) is 0. The molecule has 0 aliphatic carbocycles. The predicted molar refractivity (Wildman–Crippen MR) is 236 cm³/mol. The largest absolute Gasteiger partial charge is 0.455 e. The minimum Gasteiger partial charge on any atom is -0.455 e. The van der Waals surface area contributed by atoms with Crippen LogP contribution in [0.25, 0.3) is 77.6 Å². The van der Waals surface area contributed by atoms with E-state index in [4.69, 9.17) is 4.42 Å². The normalized spacial score (nSPS) is 11.2. The van der Waals surface area contributed by atoms with Crippen LogP contribution >= 0.6 is 0 Å². The van der Waals surface area contributed by atoms with Crippen LogP contribution in [-0.4, -0.2) is 0 Å². The Labute approximate surface area is 327 Å². The maximum atomic E-state index is 6.45. The molecule has 1 heterocycles. The van der Waals surface area contributed by atoms with E-state index in [2.05, 4.69) is 217 Å². The first-order chi connectivity index (χ1) is 27.8. The van der Waals surface area contributed by atoms with E-state index >= 15 is 0 Å². The summed E-state index contributed by atoms with van der Waals surface area (Å²) in [7, 11) is 0. The maximum Gasteiger partial charge on any atom is 0.143 e. The Kier molecular flexibility index (Phi) is 8.55. The second-order valence-electron chi connectivity index (χ2n) is 14.1. The van der Waals surface area contributed by atoms with Crippen molar-refractivity contribution < 1.29 is 4.42 Å². The van der Waals surface area contributed by atoms with E-state index in [9.17, 15) is 0 Å². The van der Waals surface area contributed by atoms with Crippen LogP contribution in [0.2, 0.25) is 0 Å². The molecule has 0 aliphatic heterocycles. The Morgan fingerprint density at radius 2 is 0.679 bits per heavy atom. The molecule has 0 spiro atoms. The first kappa shape index (κ1) is 33.2. The van der Waals surface area contributed by atoms with Gasteiger partial charge in [0.15, 0.2) is 0 Å². The summed E-state index contributed by atoms with van der Waals surface area (Å²) in [5.74, 6) is 0. The molecule has 10 rings (SSSR count). The molecule has 0 bridgehead atoms. The van der Waals surface area contributed by atoms with Gasteiger partial charge in [-0.15, -0.1) is 0 Å². The molecule has 9 aromatic carbocycles. The molecule has 0 saturated heterocycles. The van der Waals surface area contributed by atoms with Crippen LogP contribution in [0.3, 0.4) is 0 Å². The van der Waals surface area contributed by atoms with E-state index in [-0.39, 0.29) is 0 Å². The summed E-state index contributed by atoms with van der Waals surface area (Å²) < 4.78 is 6.45. The van der Waals surface area contributed by atoms with Gasteiger partial charge in [-0.2, -0.15) is 0 Å². The van der Waals surface area contributed by atoms with Crippen molar-refractivity contribution in [2.45, 2.75) is 0 Å². The number of hydrogen-bond donors (Lipinski definition) is 0. The van der Waals surface area contributed by atoms with Crippen molar-refractivity contribution in [1.29, 1.82) is 0 Å². The molecule has 0 amide bonds. The summed E-state index contributed by atoms with van der Waals surface area (Å²) in [5, 5.41) is 2.26. The quantitative estimate of drug-likeness (QED) is 0.156. The fourth-order valence-electron chi connectivity index (χ4n) is 8.01. The van der Waals surface area contributed by atoms with Gasteiger partial charge in [0.1, 0.15) is 11.2 Å². The highest BCUT2D eigenvalue weighted by molar-refractivity contribution is 6.09. The predicted octanol–water partition coefficient (Wildman–Crippen LogP) is 15.4. The van der Waals surface area contributed by atoms with Crippen molar-refractivity contribution in [3.05, 3.63) is 224 Å². The Morgan fingerprint density at radius 1 is 0.268 bits per heavy atom. The SMILES string of the molecule is c1ccc(-c2ccc(N(c3ccc(-c4cccc5c4oc4ccccc45)cc3)c3ccc(-c4ccccc4)c(-c4ccccc4)c3)cc2-c2ccccc2)cc1. The average Bonchev–Trinajstić information content (AvgIpc) is 3.67. The Hall–Kier alpha value is -7.42. The zero-order valence-corrected chi connectivity index (χ0v) is 30.7. The monoisotopic (exact) mass is 715 g/mol. The number of anilines is 3. The van der Waals surface area contributed by atoms with Gasteiger partial charge in [0.25, 0.3) is 0 Å². The molecule has 10 aromatic rings. The highest BCUT2D eigenvalue weighted by Crippen LogP contribution is 2.44. The summed E-state index contributed by atoms with van der Waals surface area (Å²) >= 11 is 0. The van der Waals surface area contributed by atoms with Crippen LogP contribution in [0.5, 0.6) is 0 Å². The topological polar surface area (TPSA) is 16.4 Å². The first-order valence-electron chi connectivity index (χ1n) is 19.1. The highest BCUT2D eigenvalue weighted by Gasteiger charge is 2.20. The van der Waals surface area contributed by atoms with E-state index in [1.54, 1.807) is 0 Å². The van der Waals surface area contributed by atoms with Crippen molar-refractivity contribution in [2.75, 3.05) is 4.90 Å². The summed E-state index contributed by atoms with van der Waals surface area (Å²) in [5.41, 5.74) is 16.7. The van der Waals surface area contributed by atoms with Gasteiger partial charge in [-0.05, 0) is 92.5 Å². The third-order valence-corrected chi connectivity index (χ3v) is 10.7. The number of rotatable bonds is 8. The van der Waals surface area contributed by atoms with Gasteiger partial charge in [0, 0.05) is 33.4 Å². The van der Waals surface area contributed by atoms with Crippen LogP contribution in [0.1, 0.15) is 0 Å². The van der Waals surface area contributed by atoms with Gasteiger partial charge in [-0.25, -0.2) is 0 Å². The van der Waals surface area contributed by atoms with Crippen molar-refractivity contribution in [3.63, 3.8) is 0 Å². The molecular formula is C54H37NO. The average molecular weight is 716 g/mol. The third kappa shape index (κ3) is 6.14. The van der Waals surface area contributed by atoms with E-state index < -0.39 is 0 Å². The number of nitrogens with zero attached hydrogens (tertiary/aromatic N) is 1. The Bertz CT molecular complexity index is 2810. The van der Waals surface area contributed by atoms with Gasteiger partial charge >= 0.3 is 0 Å². The molecule has 0 aliphatic rings. The van der Waals surface area contributed by atoms with Crippen LogP contribution in [0, 0.1) is 0 Å². The smallest absolute Gasteiger partial charge is 0.143 e. The minimum atomic E-state index is 0.902.